The van der Waals surface area contributed by atoms with E-state index in [2.05, 4.69) is 24.5 Å². The molecule has 0 radical (unpaired) electrons. The highest BCUT2D eigenvalue weighted by molar-refractivity contribution is 6.35. The van der Waals surface area contributed by atoms with E-state index in [1.807, 2.05) is 23.1 Å². The number of unbranched alkanes of at least 4 members (excludes halogenated alkanes) is 2. The number of para-hydroxylation sites is 2. The smallest absolute Gasteiger partial charge is 0.255 e. The van der Waals surface area contributed by atoms with Crippen LogP contribution in [0.2, 0.25) is 10.0 Å². The average molecular weight is 432 g/mol. The van der Waals surface area contributed by atoms with E-state index < -0.39 is 0 Å². The molecular formula is C23H27Cl2N3O. The summed E-state index contributed by atoms with van der Waals surface area (Å²) in [6.07, 6.45) is 4.08. The maximum absolute atomic E-state index is 13.3. The number of nitrogens with zero attached hydrogens (tertiary/aromatic N) is 3. The van der Waals surface area contributed by atoms with Crippen LogP contribution in [0.4, 0.5) is 0 Å². The molecule has 1 aromatic heterocycles. The zero-order chi connectivity index (χ0) is 20.8. The monoisotopic (exact) mass is 431 g/mol. The lowest BCUT2D eigenvalue weighted by Crippen LogP contribution is -2.33. The highest BCUT2D eigenvalue weighted by Crippen LogP contribution is 2.24. The minimum atomic E-state index is -0.111. The van der Waals surface area contributed by atoms with Crippen molar-refractivity contribution in [3.8, 4) is 0 Å². The number of carbonyl (C=O) groups excluding carboxylic acids is 1. The summed E-state index contributed by atoms with van der Waals surface area (Å²) in [5, 5.41) is 0.920. The molecule has 0 bridgehead atoms. The zero-order valence-electron chi connectivity index (χ0n) is 17.0. The van der Waals surface area contributed by atoms with Gasteiger partial charge in [-0.25, -0.2) is 4.98 Å². The first-order valence-corrected chi connectivity index (χ1v) is 11.0. The molecule has 154 valence electrons. The first-order valence-electron chi connectivity index (χ1n) is 10.2. The van der Waals surface area contributed by atoms with Crippen molar-refractivity contribution in [3.63, 3.8) is 0 Å². The lowest BCUT2D eigenvalue weighted by molar-refractivity contribution is 0.0735. The van der Waals surface area contributed by atoms with Crippen molar-refractivity contribution < 1.29 is 4.79 Å². The predicted octanol–water partition coefficient (Wildman–Crippen LogP) is 6.59. The Kier molecular flexibility index (Phi) is 7.57. The van der Waals surface area contributed by atoms with Crippen molar-refractivity contribution in [2.75, 3.05) is 6.54 Å². The van der Waals surface area contributed by atoms with E-state index in [-0.39, 0.29) is 5.91 Å². The highest BCUT2D eigenvalue weighted by atomic mass is 35.5. The van der Waals surface area contributed by atoms with Gasteiger partial charge in [0, 0.05) is 18.1 Å². The molecule has 3 aromatic rings. The van der Waals surface area contributed by atoms with E-state index in [0.717, 1.165) is 49.1 Å². The number of fused-ring (bicyclic) bond motifs is 1. The molecule has 1 amide bonds. The van der Waals surface area contributed by atoms with Gasteiger partial charge < -0.3 is 9.47 Å². The zero-order valence-corrected chi connectivity index (χ0v) is 18.5. The Labute approximate surface area is 182 Å². The van der Waals surface area contributed by atoms with Crippen molar-refractivity contribution in [2.45, 2.75) is 52.6 Å². The topological polar surface area (TPSA) is 38.1 Å². The molecule has 4 nitrogen and oxygen atoms in total. The first kappa shape index (κ1) is 21.7. The quantitative estimate of drug-likeness (QED) is 0.383. The van der Waals surface area contributed by atoms with Gasteiger partial charge >= 0.3 is 0 Å². The number of imidazole rings is 1. The van der Waals surface area contributed by atoms with Crippen LogP contribution >= 0.6 is 23.2 Å². The molecule has 0 aliphatic rings. The Balaban J connectivity index is 1.96. The molecule has 29 heavy (non-hydrogen) atoms. The molecule has 0 spiro atoms. The van der Waals surface area contributed by atoms with Crippen molar-refractivity contribution in [1.29, 1.82) is 0 Å². The fourth-order valence-electron chi connectivity index (χ4n) is 3.42. The molecule has 1 heterocycles. The standard InChI is InChI=1S/C23H27Cl2N3O/c1-3-5-13-27(23(29)18-15-17(24)11-12-19(18)25)16-22-26-20-9-7-8-10-21(20)28(22)14-6-4-2/h7-12,15H,3-6,13-14,16H2,1-2H3. The molecule has 0 atom stereocenters. The Morgan fingerprint density at radius 1 is 1.07 bits per heavy atom. The third kappa shape index (κ3) is 5.12. The van der Waals surface area contributed by atoms with Crippen LogP contribution in [0.1, 0.15) is 55.7 Å². The normalized spacial score (nSPS) is 11.2. The van der Waals surface area contributed by atoms with E-state index in [4.69, 9.17) is 28.2 Å². The number of benzene rings is 2. The Bertz CT molecular complexity index is 983. The second-order valence-corrected chi connectivity index (χ2v) is 8.07. The van der Waals surface area contributed by atoms with Crippen LogP contribution in [0.15, 0.2) is 42.5 Å². The SMILES string of the molecule is CCCCN(Cc1nc2ccccc2n1CCCC)C(=O)c1cc(Cl)ccc1Cl. The van der Waals surface area contributed by atoms with Crippen LogP contribution in [-0.2, 0) is 13.1 Å². The van der Waals surface area contributed by atoms with Crippen LogP contribution in [0.25, 0.3) is 11.0 Å². The maximum Gasteiger partial charge on any atom is 0.255 e. The van der Waals surface area contributed by atoms with Gasteiger partial charge in [-0.3, -0.25) is 4.79 Å². The minimum Gasteiger partial charge on any atom is -0.331 e. The van der Waals surface area contributed by atoms with Gasteiger partial charge in [-0.2, -0.15) is 0 Å². The van der Waals surface area contributed by atoms with Gasteiger partial charge in [0.05, 0.1) is 28.2 Å². The summed E-state index contributed by atoms with van der Waals surface area (Å²) < 4.78 is 2.24. The number of amides is 1. The first-order chi connectivity index (χ1) is 14.0. The average Bonchev–Trinajstić information content (AvgIpc) is 3.07. The molecule has 0 N–H and O–H groups in total. The summed E-state index contributed by atoms with van der Waals surface area (Å²) in [6.45, 7) is 6.28. The highest BCUT2D eigenvalue weighted by Gasteiger charge is 2.21. The van der Waals surface area contributed by atoms with Crippen LogP contribution < -0.4 is 0 Å². The van der Waals surface area contributed by atoms with E-state index in [1.54, 1.807) is 18.2 Å². The minimum absolute atomic E-state index is 0.111. The summed E-state index contributed by atoms with van der Waals surface area (Å²) in [5.41, 5.74) is 2.51. The lowest BCUT2D eigenvalue weighted by Gasteiger charge is -2.23. The predicted molar refractivity (Wildman–Crippen MR) is 121 cm³/mol. The molecule has 0 fully saturated rings. The van der Waals surface area contributed by atoms with Crippen molar-refractivity contribution >= 4 is 40.1 Å². The second-order valence-electron chi connectivity index (χ2n) is 7.23. The fraction of sp³-hybridized carbons (Fsp3) is 0.391. The number of rotatable bonds is 9. The summed E-state index contributed by atoms with van der Waals surface area (Å²) in [6, 6.07) is 13.1. The number of hydrogen-bond donors (Lipinski definition) is 0. The number of halogens is 2. The molecule has 0 aliphatic carbocycles. The van der Waals surface area contributed by atoms with Crippen LogP contribution in [0.5, 0.6) is 0 Å². The van der Waals surface area contributed by atoms with Gasteiger partial charge in [-0.1, -0.05) is 62.0 Å². The van der Waals surface area contributed by atoms with E-state index in [1.165, 1.54) is 0 Å². The van der Waals surface area contributed by atoms with E-state index in [0.29, 0.717) is 28.7 Å². The fourth-order valence-corrected chi connectivity index (χ4v) is 3.79. The van der Waals surface area contributed by atoms with Crippen molar-refractivity contribution in [3.05, 3.63) is 63.9 Å². The largest absolute Gasteiger partial charge is 0.331 e. The molecule has 0 saturated heterocycles. The summed E-state index contributed by atoms with van der Waals surface area (Å²) in [4.78, 5) is 20.0. The molecule has 2 aromatic carbocycles. The Morgan fingerprint density at radius 3 is 2.59 bits per heavy atom. The Morgan fingerprint density at radius 2 is 1.83 bits per heavy atom. The van der Waals surface area contributed by atoms with Gasteiger partial charge in [0.25, 0.3) is 5.91 Å². The summed E-state index contributed by atoms with van der Waals surface area (Å²) in [5.74, 6) is 0.794. The van der Waals surface area contributed by atoms with Gasteiger partial charge in [0.15, 0.2) is 0 Å². The van der Waals surface area contributed by atoms with Gasteiger partial charge in [-0.15, -0.1) is 0 Å². The van der Waals surface area contributed by atoms with Gasteiger partial charge in [-0.05, 0) is 43.2 Å². The van der Waals surface area contributed by atoms with Crippen LogP contribution in [0.3, 0.4) is 0 Å². The van der Waals surface area contributed by atoms with E-state index in [9.17, 15) is 4.79 Å². The van der Waals surface area contributed by atoms with Crippen LogP contribution in [-0.4, -0.2) is 26.9 Å². The molecular weight excluding hydrogens is 405 g/mol. The summed E-state index contributed by atoms with van der Waals surface area (Å²) >= 11 is 12.4. The molecule has 3 rings (SSSR count). The number of aryl methyl sites for hydroxylation is 1. The van der Waals surface area contributed by atoms with Gasteiger partial charge in [0.2, 0.25) is 0 Å². The lowest BCUT2D eigenvalue weighted by atomic mass is 10.2. The maximum atomic E-state index is 13.3. The van der Waals surface area contributed by atoms with Crippen LogP contribution in [0, 0.1) is 0 Å². The number of hydrogen-bond acceptors (Lipinski definition) is 2. The van der Waals surface area contributed by atoms with Crippen molar-refractivity contribution in [1.82, 2.24) is 14.5 Å². The second kappa shape index (κ2) is 10.1. The molecule has 0 aliphatic heterocycles. The van der Waals surface area contributed by atoms with Gasteiger partial charge in [0.1, 0.15) is 5.82 Å². The number of carbonyl (C=O) groups is 1. The molecule has 0 saturated carbocycles. The van der Waals surface area contributed by atoms with E-state index >= 15 is 0 Å². The summed E-state index contributed by atoms with van der Waals surface area (Å²) in [7, 11) is 0. The number of aromatic nitrogens is 2. The molecule has 0 unspecified atom stereocenters. The molecule has 6 heteroatoms. The van der Waals surface area contributed by atoms with Crippen molar-refractivity contribution in [2.24, 2.45) is 0 Å². The Hall–Kier alpha value is -2.04. The third-order valence-corrected chi connectivity index (χ3v) is 5.59. The third-order valence-electron chi connectivity index (χ3n) is 5.03.